The predicted octanol–water partition coefficient (Wildman–Crippen LogP) is 2.16. The van der Waals surface area contributed by atoms with Gasteiger partial charge in [0, 0.05) is 6.04 Å². The average Bonchev–Trinajstić information content (AvgIpc) is 2.58. The first-order valence-electron chi connectivity index (χ1n) is 4.91. The molecule has 0 bridgehead atoms. The van der Waals surface area contributed by atoms with Gasteiger partial charge in [-0.05, 0) is 26.3 Å². The van der Waals surface area contributed by atoms with Crippen LogP contribution in [0.4, 0.5) is 0 Å². The summed E-state index contributed by atoms with van der Waals surface area (Å²) in [6, 6.07) is 3.16. The lowest BCUT2D eigenvalue weighted by molar-refractivity contribution is 0.205. The van der Waals surface area contributed by atoms with Crippen molar-refractivity contribution in [2.45, 2.75) is 51.1 Å². The van der Waals surface area contributed by atoms with E-state index < -0.39 is 0 Å². The molecule has 0 radical (unpaired) electrons. The first-order chi connectivity index (χ1) is 5.79. The van der Waals surface area contributed by atoms with Crippen molar-refractivity contribution >= 4 is 0 Å². The van der Waals surface area contributed by atoms with Gasteiger partial charge in [0.2, 0.25) is 0 Å². The molecule has 1 fully saturated rings. The molecule has 1 atom stereocenters. The van der Waals surface area contributed by atoms with E-state index in [1.54, 1.807) is 0 Å². The molecule has 0 amide bonds. The molecular weight excluding hydrogens is 148 g/mol. The third-order valence-corrected chi connectivity index (χ3v) is 2.93. The van der Waals surface area contributed by atoms with Crippen LogP contribution in [0.25, 0.3) is 0 Å². The maximum absolute atomic E-state index is 8.87. The second-order valence-corrected chi connectivity index (χ2v) is 3.66. The summed E-state index contributed by atoms with van der Waals surface area (Å²) in [6.45, 7) is 2.08. The topological polar surface area (TPSA) is 27.0 Å². The summed E-state index contributed by atoms with van der Waals surface area (Å²) in [4.78, 5) is 2.26. The van der Waals surface area contributed by atoms with Crippen molar-refractivity contribution in [2.75, 3.05) is 7.05 Å². The lowest BCUT2D eigenvalue weighted by Crippen LogP contribution is -2.37. The molecule has 0 aromatic rings. The Hall–Kier alpha value is -0.550. The summed E-state index contributed by atoms with van der Waals surface area (Å²) in [7, 11) is 2.09. The van der Waals surface area contributed by atoms with E-state index in [0.29, 0.717) is 6.04 Å². The Morgan fingerprint density at radius 1 is 1.50 bits per heavy atom. The van der Waals surface area contributed by atoms with Crippen molar-refractivity contribution in [3.05, 3.63) is 0 Å². The van der Waals surface area contributed by atoms with Gasteiger partial charge in [0.25, 0.3) is 0 Å². The van der Waals surface area contributed by atoms with Gasteiger partial charge in [-0.2, -0.15) is 5.26 Å². The Bertz CT molecular complexity index is 165. The predicted molar refractivity (Wildman–Crippen MR) is 49.7 cm³/mol. The van der Waals surface area contributed by atoms with E-state index in [2.05, 4.69) is 24.9 Å². The molecule has 2 heteroatoms. The van der Waals surface area contributed by atoms with E-state index in [0.717, 1.165) is 6.42 Å². The summed E-state index contributed by atoms with van der Waals surface area (Å²) < 4.78 is 0. The van der Waals surface area contributed by atoms with Crippen molar-refractivity contribution < 1.29 is 0 Å². The molecule has 0 aromatic heterocycles. The maximum atomic E-state index is 8.87. The highest BCUT2D eigenvalue weighted by molar-refractivity contribution is 4.93. The van der Waals surface area contributed by atoms with E-state index >= 15 is 0 Å². The van der Waals surface area contributed by atoms with E-state index in [1.807, 2.05) is 0 Å². The SMILES string of the molecule is CCC(C#N)N(C)C1CCCC1. The number of rotatable bonds is 3. The molecule has 0 aromatic carbocycles. The number of hydrogen-bond acceptors (Lipinski definition) is 2. The Labute approximate surface area is 75.2 Å². The molecular formula is C10H18N2. The van der Waals surface area contributed by atoms with Crippen LogP contribution >= 0.6 is 0 Å². The molecule has 1 rings (SSSR count). The van der Waals surface area contributed by atoms with Gasteiger partial charge >= 0.3 is 0 Å². The molecule has 0 N–H and O–H groups in total. The molecule has 0 aliphatic heterocycles. The van der Waals surface area contributed by atoms with Gasteiger partial charge in [-0.1, -0.05) is 19.8 Å². The van der Waals surface area contributed by atoms with Crippen LogP contribution in [0.5, 0.6) is 0 Å². The van der Waals surface area contributed by atoms with Gasteiger partial charge in [-0.25, -0.2) is 0 Å². The Morgan fingerprint density at radius 2 is 2.08 bits per heavy atom. The Morgan fingerprint density at radius 3 is 2.50 bits per heavy atom. The van der Waals surface area contributed by atoms with E-state index in [-0.39, 0.29) is 6.04 Å². The quantitative estimate of drug-likeness (QED) is 0.642. The second-order valence-electron chi connectivity index (χ2n) is 3.66. The van der Waals surface area contributed by atoms with E-state index in [9.17, 15) is 0 Å². The summed E-state index contributed by atoms with van der Waals surface area (Å²) in [6.07, 6.45) is 6.21. The van der Waals surface area contributed by atoms with Crippen LogP contribution in [0.15, 0.2) is 0 Å². The smallest absolute Gasteiger partial charge is 0.0975 e. The first kappa shape index (κ1) is 9.54. The third-order valence-electron chi connectivity index (χ3n) is 2.93. The molecule has 0 heterocycles. The molecule has 2 nitrogen and oxygen atoms in total. The molecule has 68 valence electrons. The van der Waals surface area contributed by atoms with Crippen LogP contribution in [-0.2, 0) is 0 Å². The van der Waals surface area contributed by atoms with Gasteiger partial charge in [0.05, 0.1) is 12.1 Å². The maximum Gasteiger partial charge on any atom is 0.0975 e. The van der Waals surface area contributed by atoms with Crippen molar-refractivity contribution in [1.82, 2.24) is 4.90 Å². The zero-order chi connectivity index (χ0) is 8.97. The minimum atomic E-state index is 0.132. The summed E-state index contributed by atoms with van der Waals surface area (Å²) in [5.74, 6) is 0. The standard InChI is InChI=1S/C10H18N2/c1-3-9(8-11)12(2)10-6-4-5-7-10/h9-10H,3-7H2,1-2H3. The number of nitriles is 1. The second kappa shape index (κ2) is 4.47. The van der Waals surface area contributed by atoms with Gasteiger partial charge in [-0.3, -0.25) is 4.90 Å². The molecule has 1 aliphatic rings. The number of nitrogens with zero attached hydrogens (tertiary/aromatic N) is 2. The van der Waals surface area contributed by atoms with E-state index in [4.69, 9.17) is 5.26 Å². The fraction of sp³-hybridized carbons (Fsp3) is 0.900. The fourth-order valence-electron chi connectivity index (χ4n) is 2.04. The van der Waals surface area contributed by atoms with Gasteiger partial charge in [0.1, 0.15) is 0 Å². The van der Waals surface area contributed by atoms with Crippen molar-refractivity contribution in [3.8, 4) is 6.07 Å². The van der Waals surface area contributed by atoms with Gasteiger partial charge < -0.3 is 0 Å². The molecule has 1 saturated carbocycles. The minimum absolute atomic E-state index is 0.132. The molecule has 0 saturated heterocycles. The Balaban J connectivity index is 2.44. The zero-order valence-corrected chi connectivity index (χ0v) is 8.08. The normalized spacial score (nSPS) is 21.2. The van der Waals surface area contributed by atoms with E-state index in [1.165, 1.54) is 25.7 Å². The van der Waals surface area contributed by atoms with Crippen LogP contribution in [0, 0.1) is 11.3 Å². The van der Waals surface area contributed by atoms with Crippen LogP contribution < -0.4 is 0 Å². The lowest BCUT2D eigenvalue weighted by Gasteiger charge is -2.27. The highest BCUT2D eigenvalue weighted by Crippen LogP contribution is 2.24. The third kappa shape index (κ3) is 1.98. The summed E-state index contributed by atoms with van der Waals surface area (Å²) in [5.41, 5.74) is 0. The van der Waals surface area contributed by atoms with Crippen molar-refractivity contribution in [1.29, 1.82) is 5.26 Å². The highest BCUT2D eigenvalue weighted by atomic mass is 15.2. The molecule has 12 heavy (non-hydrogen) atoms. The largest absolute Gasteiger partial charge is 0.288 e. The van der Waals surface area contributed by atoms with Crippen LogP contribution in [-0.4, -0.2) is 24.0 Å². The molecule has 1 unspecified atom stereocenters. The monoisotopic (exact) mass is 166 g/mol. The lowest BCUT2D eigenvalue weighted by atomic mass is 10.1. The first-order valence-corrected chi connectivity index (χ1v) is 4.91. The molecule has 1 aliphatic carbocycles. The summed E-state index contributed by atoms with van der Waals surface area (Å²) >= 11 is 0. The zero-order valence-electron chi connectivity index (χ0n) is 8.08. The van der Waals surface area contributed by atoms with Crippen LogP contribution in [0.3, 0.4) is 0 Å². The van der Waals surface area contributed by atoms with Crippen molar-refractivity contribution in [2.24, 2.45) is 0 Å². The Kier molecular flexibility index (Phi) is 3.55. The molecule has 0 spiro atoms. The van der Waals surface area contributed by atoms with Crippen LogP contribution in [0.1, 0.15) is 39.0 Å². The summed E-state index contributed by atoms with van der Waals surface area (Å²) in [5, 5.41) is 8.87. The number of hydrogen-bond donors (Lipinski definition) is 0. The van der Waals surface area contributed by atoms with Gasteiger partial charge in [0.15, 0.2) is 0 Å². The fourth-order valence-corrected chi connectivity index (χ4v) is 2.04. The highest BCUT2D eigenvalue weighted by Gasteiger charge is 2.24. The average molecular weight is 166 g/mol. The van der Waals surface area contributed by atoms with Gasteiger partial charge in [-0.15, -0.1) is 0 Å². The minimum Gasteiger partial charge on any atom is -0.288 e. The van der Waals surface area contributed by atoms with Crippen LogP contribution in [0.2, 0.25) is 0 Å². The van der Waals surface area contributed by atoms with Crippen molar-refractivity contribution in [3.63, 3.8) is 0 Å².